The zero-order valence-corrected chi connectivity index (χ0v) is 17.3. The summed E-state index contributed by atoms with van der Waals surface area (Å²) in [7, 11) is -0.528. The average Bonchev–Trinajstić information content (AvgIpc) is 3.20. The number of benzene rings is 2. The molecule has 0 saturated carbocycles. The fourth-order valence-corrected chi connectivity index (χ4v) is 4.29. The van der Waals surface area contributed by atoms with E-state index in [-0.39, 0.29) is 10.8 Å². The summed E-state index contributed by atoms with van der Waals surface area (Å²) in [5.41, 5.74) is 2.80. The van der Waals surface area contributed by atoms with Gasteiger partial charge >= 0.3 is 0 Å². The molecule has 0 aromatic heterocycles. The molecule has 28 heavy (non-hydrogen) atoms. The summed E-state index contributed by atoms with van der Waals surface area (Å²) < 4.78 is 25.3. The molecular weight excluding hydrogens is 374 g/mol. The number of sulfonamides is 1. The Bertz CT molecular complexity index is 901. The monoisotopic (exact) mass is 402 g/mol. The molecule has 0 bridgehead atoms. The molecular formula is C21H28N3O3S+. The van der Waals surface area contributed by atoms with Crippen molar-refractivity contribution in [3.63, 3.8) is 0 Å². The zero-order chi connectivity index (χ0) is 20.1. The topological polar surface area (TPSA) is 70.9 Å². The Morgan fingerprint density at radius 1 is 0.964 bits per heavy atom. The maximum Gasteiger partial charge on any atom is 0.251 e. The number of amides is 1. The Kier molecular flexibility index (Phi) is 6.49. The lowest BCUT2D eigenvalue weighted by molar-refractivity contribution is -0.901. The Morgan fingerprint density at radius 2 is 1.54 bits per heavy atom. The lowest BCUT2D eigenvalue weighted by atomic mass is 10.1. The zero-order valence-electron chi connectivity index (χ0n) is 16.4. The van der Waals surface area contributed by atoms with Crippen molar-refractivity contribution in [1.29, 1.82) is 0 Å². The molecule has 0 radical (unpaired) electrons. The molecule has 0 aliphatic carbocycles. The standard InChI is InChI=1S/C21H27N3O3S/c1-23(2)28(26,27)20-11-9-19(10-12-20)21(25)22-15-17-5-7-18(8-6-17)16-24-13-3-4-14-24/h5-12H,3-4,13-16H2,1-2H3,(H,22,25)/p+1. The third-order valence-corrected chi connectivity index (χ3v) is 6.97. The van der Waals surface area contributed by atoms with E-state index in [0.717, 1.165) is 16.4 Å². The van der Waals surface area contributed by atoms with E-state index in [2.05, 4.69) is 29.6 Å². The molecule has 7 heteroatoms. The van der Waals surface area contributed by atoms with Crippen LogP contribution in [0.25, 0.3) is 0 Å². The fourth-order valence-electron chi connectivity index (χ4n) is 3.39. The van der Waals surface area contributed by atoms with Crippen molar-refractivity contribution in [1.82, 2.24) is 9.62 Å². The van der Waals surface area contributed by atoms with Crippen LogP contribution in [0.15, 0.2) is 53.4 Å². The van der Waals surface area contributed by atoms with Gasteiger partial charge in [0, 0.05) is 44.6 Å². The molecule has 1 saturated heterocycles. The first-order valence-electron chi connectivity index (χ1n) is 9.58. The maximum atomic E-state index is 12.3. The second-order valence-corrected chi connectivity index (χ2v) is 9.60. The van der Waals surface area contributed by atoms with Gasteiger partial charge in [0.2, 0.25) is 10.0 Å². The number of nitrogens with zero attached hydrogens (tertiary/aromatic N) is 1. The van der Waals surface area contributed by atoms with Gasteiger partial charge in [0.05, 0.1) is 18.0 Å². The Morgan fingerprint density at radius 3 is 2.11 bits per heavy atom. The highest BCUT2D eigenvalue weighted by molar-refractivity contribution is 7.89. The quantitative estimate of drug-likeness (QED) is 0.727. The summed E-state index contributed by atoms with van der Waals surface area (Å²) in [4.78, 5) is 14.1. The van der Waals surface area contributed by atoms with Crippen LogP contribution < -0.4 is 10.2 Å². The van der Waals surface area contributed by atoms with E-state index in [0.29, 0.717) is 12.1 Å². The van der Waals surface area contributed by atoms with Crippen LogP contribution in [0.4, 0.5) is 0 Å². The predicted molar refractivity (Wildman–Crippen MR) is 109 cm³/mol. The highest BCUT2D eigenvalue weighted by Crippen LogP contribution is 2.14. The number of quaternary nitrogens is 1. The van der Waals surface area contributed by atoms with Crippen molar-refractivity contribution >= 4 is 15.9 Å². The molecule has 1 aliphatic heterocycles. The highest BCUT2D eigenvalue weighted by atomic mass is 32.2. The van der Waals surface area contributed by atoms with Gasteiger partial charge in [-0.15, -0.1) is 0 Å². The summed E-state index contributed by atoms with van der Waals surface area (Å²) in [6.07, 6.45) is 2.64. The first-order chi connectivity index (χ1) is 13.4. The van der Waals surface area contributed by atoms with Crippen molar-refractivity contribution in [3.8, 4) is 0 Å². The van der Waals surface area contributed by atoms with Gasteiger partial charge in [0.1, 0.15) is 6.54 Å². The van der Waals surface area contributed by atoms with E-state index in [1.165, 1.54) is 69.9 Å². The van der Waals surface area contributed by atoms with Gasteiger partial charge in [-0.2, -0.15) is 0 Å². The summed E-state index contributed by atoms with van der Waals surface area (Å²) >= 11 is 0. The van der Waals surface area contributed by atoms with E-state index in [4.69, 9.17) is 0 Å². The molecule has 0 atom stereocenters. The van der Waals surface area contributed by atoms with E-state index >= 15 is 0 Å². The fraction of sp³-hybridized carbons (Fsp3) is 0.381. The second-order valence-electron chi connectivity index (χ2n) is 7.44. The lowest BCUT2D eigenvalue weighted by Gasteiger charge is -2.13. The maximum absolute atomic E-state index is 12.3. The number of hydrogen-bond acceptors (Lipinski definition) is 3. The van der Waals surface area contributed by atoms with E-state index in [9.17, 15) is 13.2 Å². The van der Waals surface area contributed by atoms with Crippen LogP contribution in [0.2, 0.25) is 0 Å². The number of hydrogen-bond donors (Lipinski definition) is 2. The van der Waals surface area contributed by atoms with Crippen molar-refractivity contribution < 1.29 is 18.1 Å². The molecule has 0 unspecified atom stereocenters. The molecule has 1 amide bonds. The first-order valence-corrected chi connectivity index (χ1v) is 11.0. The minimum atomic E-state index is -3.49. The Balaban J connectivity index is 1.55. The van der Waals surface area contributed by atoms with Gasteiger partial charge in [0.25, 0.3) is 5.91 Å². The normalized spacial score (nSPS) is 15.1. The SMILES string of the molecule is CN(C)S(=O)(=O)c1ccc(C(=O)NCc2ccc(C[NH+]3CCCC3)cc2)cc1. The van der Waals surface area contributed by atoms with E-state index in [1.54, 1.807) is 4.90 Å². The van der Waals surface area contributed by atoms with Crippen LogP contribution in [0, 0.1) is 0 Å². The molecule has 1 heterocycles. The second kappa shape index (κ2) is 8.86. The minimum Gasteiger partial charge on any atom is -0.348 e. The average molecular weight is 403 g/mol. The molecule has 1 fully saturated rings. The molecule has 0 spiro atoms. The van der Waals surface area contributed by atoms with Gasteiger partial charge in [-0.25, -0.2) is 12.7 Å². The van der Waals surface area contributed by atoms with Gasteiger partial charge in [0.15, 0.2) is 0 Å². The van der Waals surface area contributed by atoms with Gasteiger partial charge in [-0.05, 0) is 29.8 Å². The lowest BCUT2D eigenvalue weighted by Crippen LogP contribution is -3.08. The van der Waals surface area contributed by atoms with Crippen LogP contribution in [0.3, 0.4) is 0 Å². The van der Waals surface area contributed by atoms with Gasteiger partial charge < -0.3 is 10.2 Å². The number of carbonyl (C=O) groups is 1. The molecule has 6 nitrogen and oxygen atoms in total. The van der Waals surface area contributed by atoms with Crippen LogP contribution >= 0.6 is 0 Å². The smallest absolute Gasteiger partial charge is 0.251 e. The molecule has 2 N–H and O–H groups in total. The summed E-state index contributed by atoms with van der Waals surface area (Å²) in [5.74, 6) is -0.223. The third kappa shape index (κ3) is 4.98. The van der Waals surface area contributed by atoms with E-state index < -0.39 is 10.0 Å². The summed E-state index contributed by atoms with van der Waals surface area (Å²) in [6, 6.07) is 14.4. The van der Waals surface area contributed by atoms with Crippen LogP contribution in [0.5, 0.6) is 0 Å². The van der Waals surface area contributed by atoms with Crippen LogP contribution in [-0.2, 0) is 23.1 Å². The van der Waals surface area contributed by atoms with Crippen molar-refractivity contribution in [3.05, 3.63) is 65.2 Å². The first kappa shape index (κ1) is 20.5. The Hall–Kier alpha value is -2.22. The largest absolute Gasteiger partial charge is 0.348 e. The van der Waals surface area contributed by atoms with Crippen molar-refractivity contribution in [2.75, 3.05) is 27.2 Å². The van der Waals surface area contributed by atoms with Crippen molar-refractivity contribution in [2.45, 2.75) is 30.8 Å². The predicted octanol–water partition coefficient (Wildman–Crippen LogP) is 1.05. The van der Waals surface area contributed by atoms with Crippen molar-refractivity contribution in [2.24, 2.45) is 0 Å². The summed E-state index contributed by atoms with van der Waals surface area (Å²) in [5, 5.41) is 2.88. The summed E-state index contributed by atoms with van der Waals surface area (Å²) in [6.45, 7) is 4.02. The van der Waals surface area contributed by atoms with Gasteiger partial charge in [-0.1, -0.05) is 24.3 Å². The minimum absolute atomic E-state index is 0.171. The highest BCUT2D eigenvalue weighted by Gasteiger charge is 2.18. The number of likely N-dealkylation sites (tertiary alicyclic amines) is 1. The molecule has 3 rings (SSSR count). The number of nitrogens with one attached hydrogen (secondary N) is 2. The Labute approximate surface area is 167 Å². The van der Waals surface area contributed by atoms with Crippen LogP contribution in [0.1, 0.15) is 34.3 Å². The molecule has 1 aliphatic rings. The van der Waals surface area contributed by atoms with Crippen LogP contribution in [-0.4, -0.2) is 45.8 Å². The number of carbonyl (C=O) groups excluding carboxylic acids is 1. The van der Waals surface area contributed by atoms with Gasteiger partial charge in [-0.3, -0.25) is 4.79 Å². The molecule has 2 aromatic carbocycles. The molecule has 2 aromatic rings. The third-order valence-electron chi connectivity index (χ3n) is 5.14. The number of rotatable bonds is 7. The molecule has 150 valence electrons. The van der Waals surface area contributed by atoms with E-state index in [1.807, 2.05) is 0 Å².